The molecule has 0 saturated heterocycles. The fourth-order valence-corrected chi connectivity index (χ4v) is 1.55. The summed E-state index contributed by atoms with van der Waals surface area (Å²) in [5.41, 5.74) is -0.736. The molecule has 3 nitrogen and oxygen atoms in total. The largest absolute Gasteiger partial charge is 0.480 e. The Morgan fingerprint density at radius 2 is 1.94 bits per heavy atom. The molecule has 1 aromatic rings. The van der Waals surface area contributed by atoms with Gasteiger partial charge in [-0.2, -0.15) is 13.2 Å². The summed E-state index contributed by atoms with van der Waals surface area (Å²) < 4.78 is 37.4. The topological polar surface area (TPSA) is 40.5 Å². The van der Waals surface area contributed by atoms with Crippen molar-refractivity contribution in [1.29, 1.82) is 0 Å². The highest BCUT2D eigenvalue weighted by Crippen LogP contribution is 2.31. The van der Waals surface area contributed by atoms with E-state index in [-0.39, 0.29) is 5.56 Å². The monoisotopic (exact) mass is 247 g/mol. The van der Waals surface area contributed by atoms with Crippen LogP contribution in [0.25, 0.3) is 0 Å². The van der Waals surface area contributed by atoms with E-state index < -0.39 is 23.8 Å². The van der Waals surface area contributed by atoms with Crippen LogP contribution in [0.5, 0.6) is 0 Å². The third kappa shape index (κ3) is 3.20. The first kappa shape index (κ1) is 13.5. The number of likely N-dealkylation sites (N-methyl/N-ethyl adjacent to an activating group) is 1. The predicted molar refractivity (Wildman–Crippen MR) is 55.5 cm³/mol. The van der Waals surface area contributed by atoms with Crippen molar-refractivity contribution in [2.24, 2.45) is 0 Å². The first-order valence-corrected chi connectivity index (χ1v) is 4.80. The summed E-state index contributed by atoms with van der Waals surface area (Å²) >= 11 is 0. The quantitative estimate of drug-likeness (QED) is 0.891. The van der Waals surface area contributed by atoms with Crippen LogP contribution in [0.15, 0.2) is 24.3 Å². The van der Waals surface area contributed by atoms with Gasteiger partial charge in [0.1, 0.15) is 6.04 Å². The molecular formula is C11H12F3NO2. The number of carbonyl (C=O) groups is 1. The normalized spacial score (nSPS) is 13.8. The van der Waals surface area contributed by atoms with Crippen molar-refractivity contribution < 1.29 is 23.1 Å². The van der Waals surface area contributed by atoms with E-state index in [9.17, 15) is 18.0 Å². The van der Waals surface area contributed by atoms with Crippen LogP contribution in [0.4, 0.5) is 13.2 Å². The second kappa shape index (κ2) is 4.75. The third-order valence-electron chi connectivity index (χ3n) is 2.28. The molecule has 0 aromatic heterocycles. The summed E-state index contributed by atoms with van der Waals surface area (Å²) in [6.07, 6.45) is -4.47. The number of halogens is 3. The summed E-state index contributed by atoms with van der Waals surface area (Å²) in [6, 6.07) is 3.26. The van der Waals surface area contributed by atoms with Gasteiger partial charge in [0, 0.05) is 0 Å². The molecule has 1 aromatic carbocycles. The number of carboxylic acids is 1. The summed E-state index contributed by atoms with van der Waals surface area (Å²) in [5, 5.41) is 8.97. The fraction of sp³-hybridized carbons (Fsp3) is 0.364. The molecule has 0 unspecified atom stereocenters. The zero-order chi connectivity index (χ0) is 13.2. The molecule has 0 saturated carbocycles. The van der Waals surface area contributed by atoms with Gasteiger partial charge in [-0.25, -0.2) is 0 Å². The molecule has 0 radical (unpaired) electrons. The van der Waals surface area contributed by atoms with Gasteiger partial charge < -0.3 is 5.11 Å². The molecule has 0 aliphatic heterocycles. The van der Waals surface area contributed by atoms with Crippen molar-refractivity contribution in [2.45, 2.75) is 12.2 Å². The van der Waals surface area contributed by atoms with Crippen LogP contribution in [0.1, 0.15) is 17.2 Å². The van der Waals surface area contributed by atoms with Crippen LogP contribution in [-0.4, -0.2) is 30.1 Å². The second-order valence-electron chi connectivity index (χ2n) is 3.83. The number of benzene rings is 1. The Kier molecular flexibility index (Phi) is 3.77. The molecular weight excluding hydrogens is 235 g/mol. The Hall–Kier alpha value is -1.56. The third-order valence-corrected chi connectivity index (χ3v) is 2.28. The molecule has 17 heavy (non-hydrogen) atoms. The molecule has 1 N–H and O–H groups in total. The molecule has 94 valence electrons. The van der Waals surface area contributed by atoms with E-state index in [1.165, 1.54) is 31.1 Å². The van der Waals surface area contributed by atoms with Crippen molar-refractivity contribution in [1.82, 2.24) is 4.90 Å². The highest BCUT2D eigenvalue weighted by molar-refractivity contribution is 5.75. The molecule has 1 atom stereocenters. The molecule has 6 heteroatoms. The highest BCUT2D eigenvalue weighted by Gasteiger charge is 2.32. The van der Waals surface area contributed by atoms with Gasteiger partial charge in [0.2, 0.25) is 0 Å². The van der Waals surface area contributed by atoms with Crippen molar-refractivity contribution >= 4 is 5.97 Å². The Morgan fingerprint density at radius 3 is 2.35 bits per heavy atom. The van der Waals surface area contributed by atoms with E-state index in [0.29, 0.717) is 0 Å². The second-order valence-corrected chi connectivity index (χ2v) is 3.83. The van der Waals surface area contributed by atoms with Crippen LogP contribution in [0.3, 0.4) is 0 Å². The van der Waals surface area contributed by atoms with Gasteiger partial charge in [0.25, 0.3) is 0 Å². The molecule has 0 aliphatic rings. The van der Waals surface area contributed by atoms with Crippen molar-refractivity contribution in [3.8, 4) is 0 Å². The van der Waals surface area contributed by atoms with E-state index >= 15 is 0 Å². The predicted octanol–water partition coefficient (Wildman–Crippen LogP) is 2.39. The Morgan fingerprint density at radius 1 is 1.35 bits per heavy atom. The van der Waals surface area contributed by atoms with Crippen molar-refractivity contribution in [3.63, 3.8) is 0 Å². The number of nitrogens with zero attached hydrogens (tertiary/aromatic N) is 1. The molecule has 0 bridgehead atoms. The first-order chi connectivity index (χ1) is 7.73. The van der Waals surface area contributed by atoms with Crippen LogP contribution in [0.2, 0.25) is 0 Å². The maximum atomic E-state index is 12.5. The Labute approximate surface area is 96.5 Å². The fourth-order valence-electron chi connectivity index (χ4n) is 1.55. The maximum absolute atomic E-state index is 12.5. The minimum atomic E-state index is -4.47. The van der Waals surface area contributed by atoms with Crippen LogP contribution < -0.4 is 0 Å². The summed E-state index contributed by atoms with van der Waals surface area (Å²) in [5.74, 6) is -1.19. The molecule has 0 aliphatic carbocycles. The molecule has 0 fully saturated rings. The number of alkyl halides is 3. The average molecular weight is 247 g/mol. The summed E-state index contributed by atoms with van der Waals surface area (Å²) in [4.78, 5) is 12.3. The Balaban J connectivity index is 3.18. The van der Waals surface area contributed by atoms with Gasteiger partial charge in [-0.15, -0.1) is 0 Å². The van der Waals surface area contributed by atoms with Gasteiger partial charge >= 0.3 is 12.1 Å². The summed E-state index contributed by atoms with van der Waals surface area (Å²) in [6.45, 7) is 0. The van der Waals surface area contributed by atoms with E-state index in [0.717, 1.165) is 12.1 Å². The lowest BCUT2D eigenvalue weighted by atomic mass is 10.0. The van der Waals surface area contributed by atoms with Gasteiger partial charge in [-0.05, 0) is 31.8 Å². The molecule has 1 rings (SSSR count). The molecule has 0 heterocycles. The maximum Gasteiger partial charge on any atom is 0.416 e. The van der Waals surface area contributed by atoms with Crippen LogP contribution in [0, 0.1) is 0 Å². The minimum absolute atomic E-state index is 0.109. The summed E-state index contributed by atoms with van der Waals surface area (Å²) in [7, 11) is 3.00. The lowest BCUT2D eigenvalue weighted by Gasteiger charge is -2.21. The lowest BCUT2D eigenvalue weighted by Crippen LogP contribution is -2.27. The Bertz CT molecular complexity index is 415. The van der Waals surface area contributed by atoms with Crippen LogP contribution >= 0.6 is 0 Å². The number of carboxylic acid groups (broad SMARTS) is 1. The standard InChI is InChI=1S/C11H12F3NO2/c1-15(2)9(10(16)17)7-4-3-5-8(6-7)11(12,13)14/h3-6,9H,1-2H3,(H,16,17)/t9-/m1/s1. The SMILES string of the molecule is CN(C)[C@@H](C(=O)O)c1cccc(C(F)(F)F)c1. The number of aliphatic carboxylic acids is 1. The average Bonchev–Trinajstić information content (AvgIpc) is 2.15. The highest BCUT2D eigenvalue weighted by atomic mass is 19.4. The smallest absolute Gasteiger partial charge is 0.416 e. The number of hydrogen-bond donors (Lipinski definition) is 1. The zero-order valence-electron chi connectivity index (χ0n) is 9.32. The number of rotatable bonds is 3. The molecule has 0 amide bonds. The van der Waals surface area contributed by atoms with Gasteiger partial charge in [-0.1, -0.05) is 12.1 Å². The van der Waals surface area contributed by atoms with E-state index in [2.05, 4.69) is 0 Å². The zero-order valence-corrected chi connectivity index (χ0v) is 9.32. The van der Waals surface area contributed by atoms with E-state index in [1.54, 1.807) is 0 Å². The van der Waals surface area contributed by atoms with Gasteiger partial charge in [-0.3, -0.25) is 9.69 Å². The van der Waals surface area contributed by atoms with Gasteiger partial charge in [0.15, 0.2) is 0 Å². The number of hydrogen-bond acceptors (Lipinski definition) is 2. The molecule has 0 spiro atoms. The van der Waals surface area contributed by atoms with E-state index in [1.807, 2.05) is 0 Å². The minimum Gasteiger partial charge on any atom is -0.480 e. The van der Waals surface area contributed by atoms with Crippen LogP contribution in [-0.2, 0) is 11.0 Å². The van der Waals surface area contributed by atoms with E-state index in [4.69, 9.17) is 5.11 Å². The van der Waals surface area contributed by atoms with Crippen molar-refractivity contribution in [3.05, 3.63) is 35.4 Å². The lowest BCUT2D eigenvalue weighted by molar-refractivity contribution is -0.143. The van der Waals surface area contributed by atoms with Gasteiger partial charge in [0.05, 0.1) is 5.56 Å². The van der Waals surface area contributed by atoms with Crippen molar-refractivity contribution in [2.75, 3.05) is 14.1 Å². The first-order valence-electron chi connectivity index (χ1n) is 4.80.